The summed E-state index contributed by atoms with van der Waals surface area (Å²) in [5.41, 5.74) is -0.356. The van der Waals surface area contributed by atoms with Gasteiger partial charge in [-0.25, -0.2) is 0 Å². The number of sulfonamides is 2. The van der Waals surface area contributed by atoms with Crippen LogP contribution in [-0.2, 0) is 28.9 Å². The fraction of sp³-hybridized carbons (Fsp3) is 0.533. The second-order valence-corrected chi connectivity index (χ2v) is 29.6. The van der Waals surface area contributed by atoms with E-state index in [-0.39, 0.29) is 33.5 Å². The van der Waals surface area contributed by atoms with Crippen molar-refractivity contribution in [1.82, 2.24) is 8.61 Å². The number of non-ortho nitro benzene ring substituents is 2. The van der Waals surface area contributed by atoms with E-state index in [1.165, 1.54) is 59.1 Å². The van der Waals surface area contributed by atoms with E-state index in [1.807, 2.05) is 0 Å². The second-order valence-electron chi connectivity index (χ2n) is 15.3. The van der Waals surface area contributed by atoms with Crippen molar-refractivity contribution in [2.45, 2.75) is 73.7 Å². The first-order valence-electron chi connectivity index (χ1n) is 16.7. The van der Waals surface area contributed by atoms with E-state index in [0.29, 0.717) is 50.6 Å². The van der Waals surface area contributed by atoms with E-state index in [4.69, 9.17) is 8.85 Å². The van der Waals surface area contributed by atoms with Crippen LogP contribution < -0.4 is 0 Å². The number of rotatable bonds is 8. The quantitative estimate of drug-likeness (QED) is 0.124. The van der Waals surface area contributed by atoms with Gasteiger partial charge >= 0.3 is 303 Å². The van der Waals surface area contributed by atoms with Crippen molar-refractivity contribution in [2.24, 2.45) is 0 Å². The van der Waals surface area contributed by atoms with Crippen molar-refractivity contribution >= 4 is 59.1 Å². The molecule has 0 N–H and O–H groups in total. The van der Waals surface area contributed by atoms with E-state index in [9.17, 15) is 45.3 Å². The second kappa shape index (κ2) is 13.0. The standard InChI is InChI=1S/2C15H22FN3O5SSi/c2*1-17-11-26(2,3,16)24-15(17)14-5-4-10-18(14)25(22,23)13-8-6-12(7-9-13)19(20)21/h2*6-9,14H,4-5,10-11H2,1-3H3/t2*14-/m10/s1. The average molecular weight is 807 g/mol. The van der Waals surface area contributed by atoms with Crippen LogP contribution in [0.1, 0.15) is 25.7 Å². The maximum atomic E-state index is 15.0. The molecule has 4 aliphatic rings. The van der Waals surface area contributed by atoms with Crippen molar-refractivity contribution < 1.29 is 52.9 Å². The molecule has 2 aromatic carbocycles. The van der Waals surface area contributed by atoms with Crippen LogP contribution in [0.4, 0.5) is 19.6 Å². The zero-order valence-corrected chi connectivity index (χ0v) is 33.4. The third-order valence-corrected chi connectivity index (χ3v) is 17.5. The number of nitro benzene ring substituents is 2. The summed E-state index contributed by atoms with van der Waals surface area (Å²) >= 11 is 0. The van der Waals surface area contributed by atoms with Crippen LogP contribution in [0.25, 0.3) is 0 Å². The normalized spacial score (nSPS) is 26.9. The van der Waals surface area contributed by atoms with Gasteiger partial charge in [-0.05, 0) is 0 Å². The van der Waals surface area contributed by atoms with E-state index < -0.39 is 57.8 Å². The molecule has 2 aromatic rings. The molecule has 0 spiro atoms. The molecule has 52 heavy (non-hydrogen) atoms. The van der Waals surface area contributed by atoms with Crippen molar-refractivity contribution in [1.29, 1.82) is 0 Å². The Kier molecular flexibility index (Phi) is 9.88. The molecular weight excluding hydrogens is 763 g/mol. The van der Waals surface area contributed by atoms with Crippen molar-refractivity contribution in [3.05, 3.63) is 68.8 Å². The third-order valence-electron chi connectivity index (χ3n) is 9.23. The van der Waals surface area contributed by atoms with Gasteiger partial charge in [-0.15, -0.1) is 0 Å². The first-order valence-corrected chi connectivity index (χ1v) is 26.5. The van der Waals surface area contributed by atoms with Gasteiger partial charge in [0.15, 0.2) is 0 Å². The molecule has 0 aliphatic carbocycles. The molecule has 16 nitrogen and oxygen atoms in total. The third kappa shape index (κ3) is 8.10. The number of halogens is 2. The summed E-state index contributed by atoms with van der Waals surface area (Å²) in [4.78, 5) is 20.3. The predicted octanol–water partition coefficient (Wildman–Crippen LogP) is 3.97. The van der Waals surface area contributed by atoms with E-state index in [0.717, 1.165) is 24.3 Å². The van der Waals surface area contributed by atoms with Gasteiger partial charge in [0, 0.05) is 0 Å². The molecule has 0 bridgehead atoms. The van der Waals surface area contributed by atoms with Gasteiger partial charge in [0.25, 0.3) is 0 Å². The van der Waals surface area contributed by atoms with Crippen LogP contribution in [-0.4, -0.2) is 124 Å². The van der Waals surface area contributed by atoms with Crippen LogP contribution in [0.15, 0.2) is 58.3 Å². The summed E-state index contributed by atoms with van der Waals surface area (Å²) in [5, 5.41) is 21.5. The summed E-state index contributed by atoms with van der Waals surface area (Å²) in [6, 6.07) is 8.43. The zero-order chi connectivity index (χ0) is 38.7. The number of nitrogens with zero attached hydrogens (tertiary/aromatic N) is 6. The van der Waals surface area contributed by atoms with Crippen LogP contribution in [0.3, 0.4) is 0 Å². The van der Waals surface area contributed by atoms with Crippen LogP contribution in [0.5, 0.6) is 0 Å². The van der Waals surface area contributed by atoms with Gasteiger partial charge in [0.1, 0.15) is 0 Å². The van der Waals surface area contributed by atoms with Crippen LogP contribution >= 0.6 is 0 Å². The molecule has 0 radical (unpaired) electrons. The first-order chi connectivity index (χ1) is 23.8. The first kappa shape index (κ1) is 39.5. The average Bonchev–Trinajstić information content (AvgIpc) is 3.81. The Hall–Kier alpha value is -3.71. The monoisotopic (exact) mass is 806 g/mol. The molecule has 4 aliphatic heterocycles. The number of nitro groups is 2. The fourth-order valence-corrected chi connectivity index (χ4v) is 15.5. The Labute approximate surface area is 301 Å². The van der Waals surface area contributed by atoms with Gasteiger partial charge in [0.05, 0.1) is 0 Å². The Morgan fingerprint density at radius 3 is 1.23 bits per heavy atom. The summed E-state index contributed by atoms with van der Waals surface area (Å²) in [6.45, 7) is 6.51. The van der Waals surface area contributed by atoms with Crippen LogP contribution in [0.2, 0.25) is 26.2 Å². The van der Waals surface area contributed by atoms with Crippen molar-refractivity contribution in [2.75, 3.05) is 39.5 Å². The summed E-state index contributed by atoms with van der Waals surface area (Å²) < 4.78 is 99.3. The molecule has 6 rings (SSSR count). The van der Waals surface area contributed by atoms with Gasteiger partial charge < -0.3 is 0 Å². The molecule has 0 saturated carbocycles. The zero-order valence-electron chi connectivity index (χ0n) is 29.8. The van der Waals surface area contributed by atoms with E-state index >= 15 is 0 Å². The molecule has 0 amide bonds. The van der Waals surface area contributed by atoms with Gasteiger partial charge in [-0.3, -0.25) is 0 Å². The Balaban J connectivity index is 0.000000201. The van der Waals surface area contributed by atoms with Crippen molar-refractivity contribution in [3.8, 4) is 0 Å². The molecule has 2 atom stereocenters. The maximum absolute atomic E-state index is 15.0. The summed E-state index contributed by atoms with van der Waals surface area (Å²) in [7, 11) is -12.5. The van der Waals surface area contributed by atoms with E-state index in [2.05, 4.69) is 0 Å². The number of hydrogen-bond acceptors (Lipinski definition) is 10. The SMILES string of the molecule is C[N+]1=C([C@@H]2CCCN2S(=O)(=O)c2ccc([N+](=O)[O-])cc2)O[Si-](C)(C)(F)C1.C[N+]1=C([C@H]2CCCN2S(=O)(=O)c2ccc([N+](=O)[O-])cc2)O[Si-](C)(C)(F)C1. The molecule has 2 saturated heterocycles. The minimum atomic E-state index is -4.06. The Morgan fingerprint density at radius 2 is 0.981 bits per heavy atom. The number of benzene rings is 2. The topological polar surface area (TPSA) is 186 Å². The Morgan fingerprint density at radius 1 is 0.673 bits per heavy atom. The molecule has 2 fully saturated rings. The predicted molar refractivity (Wildman–Crippen MR) is 191 cm³/mol. The minimum absolute atomic E-state index is 0.0241. The molecule has 22 heteroatoms. The Bertz CT molecular complexity index is 1930. The molecule has 4 heterocycles. The van der Waals surface area contributed by atoms with Gasteiger partial charge in [-0.1, -0.05) is 0 Å². The summed E-state index contributed by atoms with van der Waals surface area (Å²) in [5.74, 6) is 0.711. The number of hydrogen-bond donors (Lipinski definition) is 0. The molecular formula is C30H44F2N6O10S2Si2. The summed E-state index contributed by atoms with van der Waals surface area (Å²) in [6.07, 6.45) is 2.66. The van der Waals surface area contributed by atoms with Gasteiger partial charge in [0.2, 0.25) is 0 Å². The molecule has 0 unspecified atom stereocenters. The molecule has 288 valence electrons. The van der Waals surface area contributed by atoms with E-state index in [1.54, 1.807) is 23.2 Å². The molecule has 0 aromatic heterocycles. The van der Waals surface area contributed by atoms with Crippen molar-refractivity contribution in [3.63, 3.8) is 0 Å². The fourth-order valence-electron chi connectivity index (χ4n) is 7.29. The van der Waals surface area contributed by atoms with Gasteiger partial charge in [-0.2, -0.15) is 0 Å². The van der Waals surface area contributed by atoms with Crippen LogP contribution in [0, 0.1) is 20.2 Å².